The fraction of sp³-hybridized carbons (Fsp3) is 0. The van der Waals surface area contributed by atoms with Gasteiger partial charge in [-0.3, -0.25) is 4.79 Å². The maximum atomic E-state index is 11.9. The van der Waals surface area contributed by atoms with Crippen LogP contribution in [0.25, 0.3) is 0 Å². The number of anilines is 1. The van der Waals surface area contributed by atoms with Crippen molar-refractivity contribution in [1.29, 1.82) is 0 Å². The lowest BCUT2D eigenvalue weighted by atomic mass is 10.3. The first-order valence-corrected chi connectivity index (χ1v) is 6.50. The molecule has 0 aliphatic carbocycles. The molecule has 98 valence electrons. The van der Waals surface area contributed by atoms with Crippen molar-refractivity contribution in [3.05, 3.63) is 44.2 Å². The number of pyridine rings is 1. The first-order valence-electron chi connectivity index (χ1n) is 4.93. The van der Waals surface area contributed by atoms with Crippen LogP contribution in [-0.2, 0) is 0 Å². The second-order valence-electron chi connectivity index (χ2n) is 3.43. The number of thiophene rings is 1. The average molecular weight is 317 g/mol. The Hall–Kier alpha value is -1.63. The first kappa shape index (κ1) is 13.8. The molecule has 0 aliphatic rings. The summed E-state index contributed by atoms with van der Waals surface area (Å²) in [7, 11) is 0. The second-order valence-corrected chi connectivity index (χ2v) is 5.71. The fourth-order valence-electron chi connectivity index (χ4n) is 1.27. The summed E-state index contributed by atoms with van der Waals surface area (Å²) in [6, 6.07) is 4.19. The van der Waals surface area contributed by atoms with Crippen LogP contribution in [0.2, 0.25) is 8.67 Å². The van der Waals surface area contributed by atoms with E-state index in [0.29, 0.717) is 4.34 Å². The number of rotatable bonds is 3. The van der Waals surface area contributed by atoms with E-state index in [9.17, 15) is 9.59 Å². The Kier molecular flexibility index (Phi) is 4.04. The van der Waals surface area contributed by atoms with E-state index in [1.165, 1.54) is 18.2 Å². The number of hydrogen-bond donors (Lipinski definition) is 2. The number of carboxylic acids is 1. The monoisotopic (exact) mass is 316 g/mol. The molecular formula is C11H6Cl2N2O3S. The molecule has 0 radical (unpaired) electrons. The summed E-state index contributed by atoms with van der Waals surface area (Å²) in [6.07, 6.45) is 1.15. The molecule has 0 aliphatic heterocycles. The number of hydrogen-bond acceptors (Lipinski definition) is 4. The summed E-state index contributed by atoms with van der Waals surface area (Å²) < 4.78 is 0.689. The molecule has 2 N–H and O–H groups in total. The molecule has 19 heavy (non-hydrogen) atoms. The lowest BCUT2D eigenvalue weighted by Gasteiger charge is -2.03. The number of carbonyl (C=O) groups is 2. The Balaban J connectivity index is 2.15. The molecule has 0 aromatic carbocycles. The van der Waals surface area contributed by atoms with Crippen LogP contribution in [-0.4, -0.2) is 22.0 Å². The van der Waals surface area contributed by atoms with Crippen molar-refractivity contribution in [2.24, 2.45) is 0 Å². The molecule has 0 unspecified atom stereocenters. The molecule has 0 bridgehead atoms. The third kappa shape index (κ3) is 3.23. The van der Waals surface area contributed by atoms with Gasteiger partial charge < -0.3 is 10.4 Å². The van der Waals surface area contributed by atoms with Gasteiger partial charge in [-0.05, 0) is 18.2 Å². The largest absolute Gasteiger partial charge is 0.478 e. The summed E-state index contributed by atoms with van der Waals surface area (Å²) in [4.78, 5) is 26.3. The van der Waals surface area contributed by atoms with E-state index in [4.69, 9.17) is 28.3 Å². The van der Waals surface area contributed by atoms with Crippen molar-refractivity contribution in [1.82, 2.24) is 4.98 Å². The molecule has 2 aromatic heterocycles. The number of carbonyl (C=O) groups excluding carboxylic acids is 1. The number of amides is 1. The SMILES string of the molecule is O=C(O)c1ccc(NC(=O)c2cc(Cl)sc2Cl)nc1. The predicted octanol–water partition coefficient (Wildman–Crippen LogP) is 3.40. The van der Waals surface area contributed by atoms with E-state index in [-0.39, 0.29) is 21.3 Å². The van der Waals surface area contributed by atoms with Crippen LogP contribution in [0, 0.1) is 0 Å². The summed E-state index contributed by atoms with van der Waals surface area (Å²) in [5.41, 5.74) is 0.287. The van der Waals surface area contributed by atoms with Gasteiger partial charge in [0.2, 0.25) is 0 Å². The standard InChI is InChI=1S/C11H6Cl2N2O3S/c12-7-3-6(9(13)19-7)10(16)15-8-2-1-5(4-14-8)11(17)18/h1-4H,(H,17,18)(H,14,15,16). The van der Waals surface area contributed by atoms with Crippen LogP contribution in [0.1, 0.15) is 20.7 Å². The van der Waals surface area contributed by atoms with E-state index in [1.54, 1.807) is 0 Å². The lowest BCUT2D eigenvalue weighted by Crippen LogP contribution is -2.12. The predicted molar refractivity (Wildman–Crippen MR) is 73.5 cm³/mol. The molecule has 0 saturated heterocycles. The van der Waals surface area contributed by atoms with Crippen molar-refractivity contribution >= 4 is 52.2 Å². The van der Waals surface area contributed by atoms with Crippen LogP contribution in [0.5, 0.6) is 0 Å². The highest BCUT2D eigenvalue weighted by Crippen LogP contribution is 2.31. The van der Waals surface area contributed by atoms with Gasteiger partial charge in [0.05, 0.1) is 15.5 Å². The molecule has 0 spiro atoms. The minimum Gasteiger partial charge on any atom is -0.478 e. The fourth-order valence-corrected chi connectivity index (χ4v) is 2.73. The highest BCUT2D eigenvalue weighted by atomic mass is 35.5. The molecule has 1 amide bonds. The highest BCUT2D eigenvalue weighted by Gasteiger charge is 2.15. The van der Waals surface area contributed by atoms with Gasteiger partial charge >= 0.3 is 5.97 Å². The molecule has 2 aromatic rings. The van der Waals surface area contributed by atoms with E-state index < -0.39 is 11.9 Å². The van der Waals surface area contributed by atoms with Gasteiger partial charge in [-0.1, -0.05) is 23.2 Å². The zero-order valence-electron chi connectivity index (χ0n) is 9.18. The molecule has 2 rings (SSSR count). The molecule has 8 heteroatoms. The molecule has 0 saturated carbocycles. The summed E-state index contributed by atoms with van der Waals surface area (Å²) in [5.74, 6) is -1.31. The summed E-state index contributed by atoms with van der Waals surface area (Å²) in [5, 5.41) is 11.2. The second kappa shape index (κ2) is 5.56. The Labute approximate surface area is 121 Å². The van der Waals surface area contributed by atoms with Crippen LogP contribution in [0.4, 0.5) is 5.82 Å². The zero-order chi connectivity index (χ0) is 14.0. The highest BCUT2D eigenvalue weighted by molar-refractivity contribution is 7.20. The van der Waals surface area contributed by atoms with Gasteiger partial charge in [0.15, 0.2) is 0 Å². The molecule has 2 heterocycles. The number of aromatic nitrogens is 1. The van der Waals surface area contributed by atoms with Crippen molar-refractivity contribution in [2.45, 2.75) is 0 Å². The lowest BCUT2D eigenvalue weighted by molar-refractivity contribution is 0.0696. The average Bonchev–Trinajstić information content (AvgIpc) is 2.69. The maximum absolute atomic E-state index is 11.9. The van der Waals surface area contributed by atoms with Gasteiger partial charge in [-0.25, -0.2) is 9.78 Å². The van der Waals surface area contributed by atoms with Gasteiger partial charge in [-0.2, -0.15) is 0 Å². The number of nitrogens with zero attached hydrogens (tertiary/aromatic N) is 1. The summed E-state index contributed by atoms with van der Waals surface area (Å²) >= 11 is 12.7. The third-order valence-corrected chi connectivity index (χ3v) is 3.64. The third-order valence-electron chi connectivity index (χ3n) is 2.15. The van der Waals surface area contributed by atoms with Crippen molar-refractivity contribution in [2.75, 3.05) is 5.32 Å². The smallest absolute Gasteiger partial charge is 0.337 e. The number of aromatic carboxylic acids is 1. The summed E-state index contributed by atoms with van der Waals surface area (Å²) in [6.45, 7) is 0. The number of nitrogens with one attached hydrogen (secondary N) is 1. The Bertz CT molecular complexity index is 640. The van der Waals surface area contributed by atoms with Crippen LogP contribution >= 0.6 is 34.5 Å². The minimum atomic E-state index is -1.09. The van der Waals surface area contributed by atoms with E-state index in [2.05, 4.69) is 10.3 Å². The number of carboxylic acid groups (broad SMARTS) is 1. The van der Waals surface area contributed by atoms with Crippen LogP contribution < -0.4 is 5.32 Å². The van der Waals surface area contributed by atoms with Crippen molar-refractivity contribution in [3.63, 3.8) is 0 Å². The minimum absolute atomic E-state index is 0.0367. The van der Waals surface area contributed by atoms with Gasteiger partial charge in [-0.15, -0.1) is 11.3 Å². The van der Waals surface area contributed by atoms with Crippen LogP contribution in [0.3, 0.4) is 0 Å². The van der Waals surface area contributed by atoms with Gasteiger partial charge in [0, 0.05) is 6.20 Å². The van der Waals surface area contributed by atoms with E-state index in [1.807, 2.05) is 0 Å². The topological polar surface area (TPSA) is 79.3 Å². The van der Waals surface area contributed by atoms with Crippen molar-refractivity contribution in [3.8, 4) is 0 Å². The van der Waals surface area contributed by atoms with Gasteiger partial charge in [0.1, 0.15) is 10.2 Å². The van der Waals surface area contributed by atoms with E-state index in [0.717, 1.165) is 17.5 Å². The first-order chi connectivity index (χ1) is 8.97. The quantitative estimate of drug-likeness (QED) is 0.909. The zero-order valence-corrected chi connectivity index (χ0v) is 11.5. The molecular weight excluding hydrogens is 311 g/mol. The Morgan fingerprint density at radius 3 is 2.53 bits per heavy atom. The van der Waals surface area contributed by atoms with Crippen LogP contribution in [0.15, 0.2) is 24.4 Å². The van der Waals surface area contributed by atoms with Crippen molar-refractivity contribution < 1.29 is 14.7 Å². The normalized spacial score (nSPS) is 10.2. The van der Waals surface area contributed by atoms with Gasteiger partial charge in [0.25, 0.3) is 5.91 Å². The number of halogens is 2. The molecule has 0 atom stereocenters. The maximum Gasteiger partial charge on any atom is 0.337 e. The molecule has 5 nitrogen and oxygen atoms in total. The van der Waals surface area contributed by atoms with E-state index >= 15 is 0 Å². The Morgan fingerprint density at radius 2 is 2.05 bits per heavy atom. The molecule has 0 fully saturated rings. The Morgan fingerprint density at radius 1 is 1.32 bits per heavy atom.